The summed E-state index contributed by atoms with van der Waals surface area (Å²) in [6, 6.07) is 13.2. The van der Waals surface area contributed by atoms with E-state index >= 15 is 0 Å². The molecule has 134 valence electrons. The molecule has 0 saturated heterocycles. The Morgan fingerprint density at radius 1 is 1.23 bits per heavy atom. The summed E-state index contributed by atoms with van der Waals surface area (Å²) in [6.07, 6.45) is 2.47. The molecule has 3 nitrogen and oxygen atoms in total. The Kier molecular flexibility index (Phi) is 6.62. The van der Waals surface area contributed by atoms with Gasteiger partial charge in [0.1, 0.15) is 23.3 Å². The number of benzene rings is 2. The van der Waals surface area contributed by atoms with Crippen molar-refractivity contribution in [3.63, 3.8) is 0 Å². The van der Waals surface area contributed by atoms with Crippen LogP contribution in [0.2, 0.25) is 0 Å². The molecule has 0 saturated carbocycles. The number of hydrogen-bond donors (Lipinski definition) is 1. The Labute approximate surface area is 152 Å². The van der Waals surface area contributed by atoms with Crippen LogP contribution in [-0.4, -0.2) is 5.91 Å². The Morgan fingerprint density at radius 2 is 1.92 bits per heavy atom. The fourth-order valence-electron chi connectivity index (χ4n) is 2.64. The quantitative estimate of drug-likeness (QED) is 0.596. The van der Waals surface area contributed by atoms with E-state index < -0.39 is 17.5 Å². The van der Waals surface area contributed by atoms with Crippen LogP contribution in [0.3, 0.4) is 0 Å². The summed E-state index contributed by atoms with van der Waals surface area (Å²) >= 11 is 0. The first kappa shape index (κ1) is 19.3. The Morgan fingerprint density at radius 3 is 2.54 bits per heavy atom. The molecule has 0 unspecified atom stereocenters. The van der Waals surface area contributed by atoms with Crippen molar-refractivity contribution in [3.05, 3.63) is 76.4 Å². The minimum atomic E-state index is -0.818. The number of carbonyl (C=O) groups is 1. The van der Waals surface area contributed by atoms with E-state index in [-0.39, 0.29) is 22.7 Å². The Balaban J connectivity index is 2.31. The number of aryl methyl sites for hydroxylation is 1. The smallest absolute Gasteiger partial charge is 0.262 e. The molecule has 0 bridgehead atoms. The van der Waals surface area contributed by atoms with Crippen molar-refractivity contribution in [2.75, 3.05) is 0 Å². The zero-order valence-corrected chi connectivity index (χ0v) is 14.7. The van der Waals surface area contributed by atoms with Gasteiger partial charge in [0.2, 0.25) is 0 Å². The highest BCUT2D eigenvalue weighted by molar-refractivity contribution is 6.01. The first-order chi connectivity index (χ1) is 12.5. The number of halogens is 2. The van der Waals surface area contributed by atoms with Gasteiger partial charge < -0.3 is 5.32 Å². The van der Waals surface area contributed by atoms with Crippen LogP contribution in [0.1, 0.15) is 42.5 Å². The second-order valence-corrected chi connectivity index (χ2v) is 5.99. The first-order valence-electron chi connectivity index (χ1n) is 8.40. The maximum Gasteiger partial charge on any atom is 0.262 e. The zero-order valence-electron chi connectivity index (χ0n) is 14.7. The van der Waals surface area contributed by atoms with E-state index in [1.54, 1.807) is 6.07 Å². The van der Waals surface area contributed by atoms with Gasteiger partial charge in [-0.25, -0.2) is 8.78 Å². The number of amides is 1. The fraction of sp³-hybridized carbons (Fsp3) is 0.238. The molecular formula is C21H20F2N2O. The van der Waals surface area contributed by atoms with Crippen LogP contribution in [-0.2, 0) is 4.79 Å². The molecule has 0 aliphatic heterocycles. The van der Waals surface area contributed by atoms with E-state index in [1.807, 2.05) is 37.3 Å². The van der Waals surface area contributed by atoms with Crippen molar-refractivity contribution in [2.45, 2.75) is 32.7 Å². The van der Waals surface area contributed by atoms with Crippen molar-refractivity contribution in [1.29, 1.82) is 5.26 Å². The SMILES string of the molecule is CCC[C@H](NC(=O)/C(C#N)=C/c1c(F)ccc(C)c1F)c1ccccc1. The van der Waals surface area contributed by atoms with Gasteiger partial charge in [-0.05, 0) is 36.6 Å². The maximum atomic E-state index is 14.1. The van der Waals surface area contributed by atoms with Crippen molar-refractivity contribution in [1.82, 2.24) is 5.32 Å². The summed E-state index contributed by atoms with van der Waals surface area (Å²) in [5.41, 5.74) is 0.422. The van der Waals surface area contributed by atoms with Crippen LogP contribution in [0, 0.1) is 29.9 Å². The molecule has 2 rings (SSSR count). The van der Waals surface area contributed by atoms with Crippen LogP contribution >= 0.6 is 0 Å². The second kappa shape index (κ2) is 8.91. The average Bonchev–Trinajstić information content (AvgIpc) is 2.65. The Hall–Kier alpha value is -3.00. The summed E-state index contributed by atoms with van der Waals surface area (Å²) in [5.74, 6) is -2.25. The van der Waals surface area contributed by atoms with E-state index in [9.17, 15) is 18.8 Å². The fourth-order valence-corrected chi connectivity index (χ4v) is 2.64. The highest BCUT2D eigenvalue weighted by Gasteiger charge is 2.18. The number of nitriles is 1. The minimum absolute atomic E-state index is 0.239. The summed E-state index contributed by atoms with van der Waals surface area (Å²) in [6.45, 7) is 3.48. The predicted molar refractivity (Wildman–Crippen MR) is 96.9 cm³/mol. The van der Waals surface area contributed by atoms with Crippen LogP contribution in [0.25, 0.3) is 6.08 Å². The van der Waals surface area contributed by atoms with E-state index in [2.05, 4.69) is 5.32 Å². The number of carbonyl (C=O) groups excluding carboxylic acids is 1. The number of nitrogens with one attached hydrogen (secondary N) is 1. The molecule has 0 heterocycles. The number of rotatable bonds is 6. The van der Waals surface area contributed by atoms with Gasteiger partial charge in [-0.3, -0.25) is 4.79 Å². The molecule has 26 heavy (non-hydrogen) atoms. The molecule has 0 spiro atoms. The third kappa shape index (κ3) is 4.54. The molecule has 0 aromatic heterocycles. The summed E-state index contributed by atoms with van der Waals surface area (Å²) < 4.78 is 28.1. The van der Waals surface area contributed by atoms with Crippen LogP contribution in [0.15, 0.2) is 48.0 Å². The van der Waals surface area contributed by atoms with Gasteiger partial charge in [0.15, 0.2) is 0 Å². The lowest BCUT2D eigenvalue weighted by atomic mass is 10.0. The minimum Gasteiger partial charge on any atom is -0.345 e. The third-order valence-corrected chi connectivity index (χ3v) is 4.06. The Bertz CT molecular complexity index is 854. The van der Waals surface area contributed by atoms with E-state index in [0.29, 0.717) is 6.42 Å². The third-order valence-electron chi connectivity index (χ3n) is 4.06. The normalized spacial score (nSPS) is 12.3. The van der Waals surface area contributed by atoms with Gasteiger partial charge in [-0.15, -0.1) is 0 Å². The van der Waals surface area contributed by atoms with Gasteiger partial charge in [-0.1, -0.05) is 49.7 Å². The molecule has 0 aliphatic rings. The topological polar surface area (TPSA) is 52.9 Å². The predicted octanol–water partition coefficient (Wildman–Crippen LogP) is 4.84. The molecule has 0 fully saturated rings. The number of nitrogens with zero attached hydrogens (tertiary/aromatic N) is 1. The first-order valence-corrected chi connectivity index (χ1v) is 8.40. The van der Waals surface area contributed by atoms with Crippen LogP contribution in [0.5, 0.6) is 0 Å². The van der Waals surface area contributed by atoms with Gasteiger partial charge >= 0.3 is 0 Å². The lowest BCUT2D eigenvalue weighted by Crippen LogP contribution is -2.29. The molecular weight excluding hydrogens is 334 g/mol. The average molecular weight is 354 g/mol. The van der Waals surface area contributed by atoms with Gasteiger partial charge in [0.05, 0.1) is 6.04 Å². The van der Waals surface area contributed by atoms with Crippen molar-refractivity contribution in [3.8, 4) is 6.07 Å². The second-order valence-electron chi connectivity index (χ2n) is 5.99. The molecule has 5 heteroatoms. The largest absolute Gasteiger partial charge is 0.345 e. The zero-order chi connectivity index (χ0) is 19.1. The van der Waals surface area contributed by atoms with Crippen molar-refractivity contribution >= 4 is 12.0 Å². The summed E-state index contributed by atoms with van der Waals surface area (Å²) in [7, 11) is 0. The molecule has 0 aliphatic carbocycles. The van der Waals surface area contributed by atoms with E-state index in [1.165, 1.54) is 13.0 Å². The molecule has 1 amide bonds. The molecule has 0 radical (unpaired) electrons. The van der Waals surface area contributed by atoms with Crippen molar-refractivity contribution in [2.24, 2.45) is 0 Å². The standard InChI is InChI=1S/C21H20F2N2O/c1-3-7-19(15-8-5-4-6-9-15)25-21(26)16(13-24)12-17-18(22)11-10-14(2)20(17)23/h4-6,8-12,19H,3,7H2,1-2H3,(H,25,26)/b16-12+/t19-/m0/s1. The van der Waals surface area contributed by atoms with Gasteiger partial charge in [-0.2, -0.15) is 5.26 Å². The molecule has 1 atom stereocenters. The maximum absolute atomic E-state index is 14.1. The van der Waals surface area contributed by atoms with Gasteiger partial charge in [0.25, 0.3) is 5.91 Å². The van der Waals surface area contributed by atoms with E-state index in [0.717, 1.165) is 24.1 Å². The molecule has 2 aromatic carbocycles. The monoisotopic (exact) mass is 354 g/mol. The molecule has 2 aromatic rings. The lowest BCUT2D eigenvalue weighted by molar-refractivity contribution is -0.117. The summed E-state index contributed by atoms with van der Waals surface area (Å²) in [4.78, 5) is 12.5. The summed E-state index contributed by atoms with van der Waals surface area (Å²) in [5, 5.41) is 12.1. The highest BCUT2D eigenvalue weighted by Crippen LogP contribution is 2.21. The number of hydrogen-bond acceptors (Lipinski definition) is 2. The van der Waals surface area contributed by atoms with Gasteiger partial charge in [0, 0.05) is 5.56 Å². The highest BCUT2D eigenvalue weighted by atomic mass is 19.1. The van der Waals surface area contributed by atoms with Crippen LogP contribution in [0.4, 0.5) is 8.78 Å². The lowest BCUT2D eigenvalue weighted by Gasteiger charge is -2.18. The van der Waals surface area contributed by atoms with Crippen molar-refractivity contribution < 1.29 is 13.6 Å². The van der Waals surface area contributed by atoms with Crippen LogP contribution < -0.4 is 5.32 Å². The molecule has 1 N–H and O–H groups in total. The van der Waals surface area contributed by atoms with E-state index in [4.69, 9.17) is 0 Å².